The quantitative estimate of drug-likeness (QED) is 0.161. The van der Waals surface area contributed by atoms with Gasteiger partial charge in [-0.25, -0.2) is 0 Å². The van der Waals surface area contributed by atoms with Gasteiger partial charge in [0.25, 0.3) is 0 Å². The van der Waals surface area contributed by atoms with Crippen LogP contribution in [-0.4, -0.2) is 88.8 Å². The highest BCUT2D eigenvalue weighted by Gasteiger charge is 2.36. The van der Waals surface area contributed by atoms with Crippen molar-refractivity contribution in [3.05, 3.63) is 72.9 Å². The molecule has 2 aromatic rings. The van der Waals surface area contributed by atoms with Crippen molar-refractivity contribution in [2.45, 2.75) is 50.8 Å². The molecule has 8 nitrogen and oxygen atoms in total. The number of methoxy groups -OCH3 is 2. The molecule has 4 aliphatic heterocycles. The summed E-state index contributed by atoms with van der Waals surface area (Å²) in [5, 5.41) is 0. The standard InChI is InChI=1S/C37H47BN4O4/c1-24-14-28-20-39-31-17-35(33(43-7)15-29(31)27(4)42(28)22-24)45-12-10-9-11-13-46-36-18-32-30(16-34(36)44-8)26(3)41-21-25(2)19-38(5)37(23-41)40(32)6/h15-18,20,28,37H,1-4,9-14,19,21-23H2,5-8H3/t28?,37-/m1/s1. The molecule has 242 valence electrons. The van der Waals surface area contributed by atoms with Gasteiger partial charge in [-0.15, -0.1) is 0 Å². The van der Waals surface area contributed by atoms with Crippen LogP contribution in [0.3, 0.4) is 0 Å². The van der Waals surface area contributed by atoms with E-state index in [1.165, 1.54) is 11.1 Å². The fraction of sp³-hybridized carbons (Fsp3) is 0.432. The zero-order chi connectivity index (χ0) is 32.5. The first-order valence-electron chi connectivity index (χ1n) is 16.4. The van der Waals surface area contributed by atoms with Crippen LogP contribution in [-0.2, 0) is 0 Å². The van der Waals surface area contributed by atoms with Crippen LogP contribution in [0.15, 0.2) is 66.7 Å². The number of hydrogen-bond donors (Lipinski definition) is 0. The topological polar surface area (TPSA) is 59.0 Å². The third-order valence-electron chi connectivity index (χ3n) is 9.86. The van der Waals surface area contributed by atoms with Crippen LogP contribution < -0.4 is 23.8 Å². The third kappa shape index (κ3) is 6.12. The van der Waals surface area contributed by atoms with E-state index in [1.54, 1.807) is 14.2 Å². The normalized spacial score (nSPS) is 20.5. The fourth-order valence-corrected chi connectivity index (χ4v) is 7.28. The molecule has 2 aromatic carbocycles. The number of rotatable bonds is 10. The van der Waals surface area contributed by atoms with Crippen molar-refractivity contribution in [1.82, 2.24) is 9.80 Å². The van der Waals surface area contributed by atoms with E-state index in [1.807, 2.05) is 18.3 Å². The lowest BCUT2D eigenvalue weighted by atomic mass is 9.43. The number of unbranched alkanes of at least 4 members (excludes halogenated alkanes) is 2. The molecule has 0 saturated carbocycles. The van der Waals surface area contributed by atoms with Crippen molar-refractivity contribution < 1.29 is 18.9 Å². The van der Waals surface area contributed by atoms with E-state index < -0.39 is 0 Å². The molecule has 2 bridgehead atoms. The number of anilines is 1. The van der Waals surface area contributed by atoms with Crippen LogP contribution in [0.1, 0.15) is 36.8 Å². The molecule has 2 saturated heterocycles. The van der Waals surface area contributed by atoms with Crippen LogP contribution in [0.2, 0.25) is 13.1 Å². The Labute approximate surface area is 274 Å². The molecule has 4 heterocycles. The third-order valence-corrected chi connectivity index (χ3v) is 9.86. The van der Waals surface area contributed by atoms with E-state index >= 15 is 0 Å². The fourth-order valence-electron chi connectivity index (χ4n) is 7.28. The second kappa shape index (κ2) is 13.2. The summed E-state index contributed by atoms with van der Waals surface area (Å²) in [5.41, 5.74) is 8.46. The van der Waals surface area contributed by atoms with E-state index in [0.29, 0.717) is 37.4 Å². The predicted octanol–water partition coefficient (Wildman–Crippen LogP) is 6.97. The van der Waals surface area contributed by atoms with Gasteiger partial charge in [-0.1, -0.05) is 44.3 Å². The molecule has 4 aliphatic rings. The predicted molar refractivity (Wildman–Crippen MR) is 191 cm³/mol. The van der Waals surface area contributed by atoms with E-state index in [4.69, 9.17) is 23.9 Å². The Morgan fingerprint density at radius 1 is 0.826 bits per heavy atom. The Bertz CT molecular complexity index is 1590. The summed E-state index contributed by atoms with van der Waals surface area (Å²) < 4.78 is 24.0. The number of hydrogen-bond acceptors (Lipinski definition) is 8. The largest absolute Gasteiger partial charge is 0.493 e. The molecule has 0 spiro atoms. The number of fused-ring (bicyclic) bond motifs is 5. The molecule has 0 N–H and O–H groups in total. The number of likely N-dealkylation sites (N-methyl/N-ethyl adjacent to an activating group) is 1. The van der Waals surface area contributed by atoms with Gasteiger partial charge in [0.1, 0.15) is 0 Å². The van der Waals surface area contributed by atoms with Crippen LogP contribution in [0.25, 0.3) is 11.4 Å². The van der Waals surface area contributed by atoms with Crippen LogP contribution in [0.4, 0.5) is 11.4 Å². The summed E-state index contributed by atoms with van der Waals surface area (Å²) >= 11 is 0. The summed E-state index contributed by atoms with van der Waals surface area (Å²) in [4.78, 5) is 11.8. The average Bonchev–Trinajstić information content (AvgIpc) is 3.23. The highest BCUT2D eigenvalue weighted by Crippen LogP contribution is 2.44. The first-order chi connectivity index (χ1) is 22.2. The second-order valence-corrected chi connectivity index (χ2v) is 13.1. The van der Waals surface area contributed by atoms with E-state index in [2.05, 4.69) is 67.0 Å². The maximum atomic E-state index is 6.32. The summed E-state index contributed by atoms with van der Waals surface area (Å²) in [6, 6.07) is 8.36. The van der Waals surface area contributed by atoms with Gasteiger partial charge < -0.3 is 33.6 Å². The summed E-state index contributed by atoms with van der Waals surface area (Å²) in [5.74, 6) is 3.24. The van der Waals surface area contributed by atoms with Gasteiger partial charge in [-0.3, -0.25) is 4.99 Å². The number of nitrogens with zero attached hydrogens (tertiary/aromatic N) is 4. The Morgan fingerprint density at radius 2 is 1.50 bits per heavy atom. The Morgan fingerprint density at radius 3 is 2.20 bits per heavy atom. The van der Waals surface area contributed by atoms with Crippen molar-refractivity contribution in [3.63, 3.8) is 0 Å². The first kappa shape index (κ1) is 31.7. The minimum absolute atomic E-state index is 0.197. The molecule has 9 heteroatoms. The zero-order valence-corrected chi connectivity index (χ0v) is 27.9. The summed E-state index contributed by atoms with van der Waals surface area (Å²) in [6.45, 7) is 23.9. The lowest BCUT2D eigenvalue weighted by Gasteiger charge is -2.32. The van der Waals surface area contributed by atoms with Crippen LogP contribution in [0.5, 0.6) is 23.0 Å². The van der Waals surface area contributed by atoms with E-state index in [-0.39, 0.29) is 6.04 Å². The molecule has 46 heavy (non-hydrogen) atoms. The molecular weight excluding hydrogens is 575 g/mol. The maximum Gasteiger partial charge on any atom is 0.170 e. The van der Waals surface area contributed by atoms with Crippen molar-refractivity contribution in [2.24, 2.45) is 4.99 Å². The molecule has 2 atom stereocenters. The molecule has 0 aromatic heterocycles. The molecule has 0 aliphatic carbocycles. The molecule has 2 fully saturated rings. The van der Waals surface area contributed by atoms with Gasteiger partial charge in [0.05, 0.1) is 39.2 Å². The second-order valence-electron chi connectivity index (χ2n) is 13.1. The van der Waals surface area contributed by atoms with Crippen molar-refractivity contribution >= 4 is 35.7 Å². The average molecular weight is 623 g/mol. The van der Waals surface area contributed by atoms with Gasteiger partial charge in [0, 0.05) is 79.2 Å². The summed E-state index contributed by atoms with van der Waals surface area (Å²) in [6.07, 6.45) is 6.68. The van der Waals surface area contributed by atoms with Crippen LogP contribution >= 0.6 is 0 Å². The Hall–Kier alpha value is -4.27. The smallest absolute Gasteiger partial charge is 0.170 e. The molecule has 1 unspecified atom stereocenters. The number of aliphatic imine (C=N–C) groups is 1. The van der Waals surface area contributed by atoms with Crippen molar-refractivity contribution in [2.75, 3.05) is 59.0 Å². The van der Waals surface area contributed by atoms with Gasteiger partial charge >= 0.3 is 0 Å². The lowest BCUT2D eigenvalue weighted by molar-refractivity contribution is 0.264. The minimum atomic E-state index is 0.197. The minimum Gasteiger partial charge on any atom is -0.493 e. The monoisotopic (exact) mass is 622 g/mol. The maximum absolute atomic E-state index is 6.32. The first-order valence-corrected chi connectivity index (χ1v) is 16.4. The number of benzene rings is 2. The van der Waals surface area contributed by atoms with Gasteiger partial charge in [0.15, 0.2) is 29.7 Å². The highest BCUT2D eigenvalue weighted by atomic mass is 16.5. The van der Waals surface area contributed by atoms with E-state index in [9.17, 15) is 0 Å². The molecule has 0 amide bonds. The lowest BCUT2D eigenvalue weighted by Crippen LogP contribution is -2.46. The highest BCUT2D eigenvalue weighted by molar-refractivity contribution is 6.60. The summed E-state index contributed by atoms with van der Waals surface area (Å²) in [7, 11) is 5.55. The Balaban J connectivity index is 1.05. The van der Waals surface area contributed by atoms with Gasteiger partial charge in [-0.2, -0.15) is 0 Å². The van der Waals surface area contributed by atoms with Crippen LogP contribution in [0, 0.1) is 0 Å². The Kier molecular flexibility index (Phi) is 9.12. The van der Waals surface area contributed by atoms with Crippen molar-refractivity contribution in [3.8, 4) is 23.0 Å². The molecule has 0 radical (unpaired) electrons. The molecule has 6 rings (SSSR count). The van der Waals surface area contributed by atoms with Gasteiger partial charge in [-0.05, 0) is 44.1 Å². The van der Waals surface area contributed by atoms with E-state index in [0.717, 1.165) is 97.0 Å². The zero-order valence-electron chi connectivity index (χ0n) is 27.9. The van der Waals surface area contributed by atoms with Gasteiger partial charge in [0.2, 0.25) is 0 Å². The SMILES string of the molecule is C=C1CB(C)[C@H]2CN(C1)C(=C)c1cc(OC)c(OCCCCCOc3cc4c(cc3OC)C(=C)N3CC(=C)CC3C=N4)cc1N2C. The molecular formula is C37H47BN4O4. The van der Waals surface area contributed by atoms with Crippen molar-refractivity contribution in [1.29, 1.82) is 0 Å². The number of ether oxygens (including phenoxy) is 4.